The van der Waals surface area contributed by atoms with Crippen molar-refractivity contribution in [3.8, 4) is 0 Å². The molecular weight excluding hydrogens is 370 g/mol. The third-order valence-electron chi connectivity index (χ3n) is 4.69. The topological polar surface area (TPSA) is 104 Å². The summed E-state index contributed by atoms with van der Waals surface area (Å²) in [6.07, 6.45) is 3.24. The maximum absolute atomic E-state index is 13.0. The van der Waals surface area contributed by atoms with Crippen LogP contribution in [0.15, 0.2) is 65.7 Å². The van der Waals surface area contributed by atoms with E-state index in [0.29, 0.717) is 42.3 Å². The highest BCUT2D eigenvalue weighted by Gasteiger charge is 2.24. The van der Waals surface area contributed by atoms with Gasteiger partial charge in [0, 0.05) is 12.5 Å². The maximum atomic E-state index is 13.0. The Hall–Kier alpha value is -3.48. The molecule has 2 aromatic carbocycles. The second-order valence-electron chi connectivity index (χ2n) is 6.76. The zero-order valence-corrected chi connectivity index (χ0v) is 15.9. The number of fused-ring (bicyclic) bond motifs is 1. The summed E-state index contributed by atoms with van der Waals surface area (Å²) in [4.78, 5) is 40.8. The van der Waals surface area contributed by atoms with Crippen molar-refractivity contribution in [3.63, 3.8) is 0 Å². The van der Waals surface area contributed by atoms with Gasteiger partial charge < -0.3 is 15.2 Å². The minimum absolute atomic E-state index is 0.0126. The van der Waals surface area contributed by atoms with E-state index in [-0.39, 0.29) is 17.9 Å². The molecule has 0 aliphatic heterocycles. The third kappa shape index (κ3) is 5.07. The Balaban J connectivity index is 1.81. The van der Waals surface area contributed by atoms with E-state index in [2.05, 4.69) is 10.3 Å². The van der Waals surface area contributed by atoms with Crippen molar-refractivity contribution in [3.05, 3.63) is 76.8 Å². The number of para-hydroxylation sites is 1. The molecule has 0 saturated carbocycles. The van der Waals surface area contributed by atoms with Crippen LogP contribution in [-0.2, 0) is 9.59 Å². The van der Waals surface area contributed by atoms with E-state index in [1.165, 1.54) is 10.9 Å². The molecule has 150 valence electrons. The predicted molar refractivity (Wildman–Crippen MR) is 107 cm³/mol. The van der Waals surface area contributed by atoms with Gasteiger partial charge in [0.05, 0.1) is 17.2 Å². The SMILES string of the molecule is O=C([O-])CCCCCNC(=O)[C@H](c1ccccc1)n1cnc2ccccc2c1=O. The van der Waals surface area contributed by atoms with Crippen molar-refractivity contribution in [1.29, 1.82) is 0 Å². The minimum Gasteiger partial charge on any atom is -0.550 e. The smallest absolute Gasteiger partial charge is 0.262 e. The van der Waals surface area contributed by atoms with E-state index in [0.717, 1.165) is 0 Å². The number of unbranched alkanes of at least 4 members (excludes halogenated alkanes) is 2. The van der Waals surface area contributed by atoms with Crippen molar-refractivity contribution in [2.24, 2.45) is 0 Å². The number of nitrogens with one attached hydrogen (secondary N) is 1. The number of carbonyl (C=O) groups is 2. The zero-order valence-electron chi connectivity index (χ0n) is 15.9. The molecule has 29 heavy (non-hydrogen) atoms. The summed E-state index contributed by atoms with van der Waals surface area (Å²) in [5.41, 5.74) is 0.976. The first-order valence-electron chi connectivity index (χ1n) is 9.56. The van der Waals surface area contributed by atoms with Gasteiger partial charge in [-0.25, -0.2) is 4.98 Å². The Morgan fingerprint density at radius 1 is 1.00 bits per heavy atom. The van der Waals surface area contributed by atoms with Gasteiger partial charge in [-0.1, -0.05) is 48.9 Å². The lowest BCUT2D eigenvalue weighted by Gasteiger charge is -2.20. The van der Waals surface area contributed by atoms with Crippen LogP contribution in [0.1, 0.15) is 37.3 Å². The minimum atomic E-state index is -1.07. The monoisotopic (exact) mass is 392 g/mol. The van der Waals surface area contributed by atoms with Gasteiger partial charge in [0.25, 0.3) is 5.56 Å². The number of benzene rings is 2. The molecule has 0 aliphatic rings. The number of aliphatic carboxylic acids is 1. The molecule has 1 N–H and O–H groups in total. The lowest BCUT2D eigenvalue weighted by atomic mass is 10.1. The molecule has 1 atom stereocenters. The van der Waals surface area contributed by atoms with Crippen molar-refractivity contribution in [2.75, 3.05) is 6.54 Å². The average molecular weight is 392 g/mol. The molecule has 0 aliphatic carbocycles. The molecule has 7 nitrogen and oxygen atoms in total. The van der Waals surface area contributed by atoms with E-state index >= 15 is 0 Å². The van der Waals surface area contributed by atoms with Gasteiger partial charge in [-0.05, 0) is 37.0 Å². The van der Waals surface area contributed by atoms with E-state index in [1.807, 2.05) is 18.2 Å². The molecule has 7 heteroatoms. The quantitative estimate of drug-likeness (QED) is 0.555. The van der Waals surface area contributed by atoms with Crippen LogP contribution in [-0.4, -0.2) is 28.0 Å². The Kier molecular flexibility index (Phi) is 6.73. The van der Waals surface area contributed by atoms with Crippen LogP contribution in [0.25, 0.3) is 10.9 Å². The molecule has 1 heterocycles. The first-order valence-corrected chi connectivity index (χ1v) is 9.56. The second-order valence-corrected chi connectivity index (χ2v) is 6.76. The molecule has 0 radical (unpaired) electrons. The van der Waals surface area contributed by atoms with E-state index < -0.39 is 12.0 Å². The highest BCUT2D eigenvalue weighted by Crippen LogP contribution is 2.18. The number of carboxylic acid groups (broad SMARTS) is 1. The van der Waals surface area contributed by atoms with Crippen LogP contribution < -0.4 is 16.0 Å². The average Bonchev–Trinajstić information content (AvgIpc) is 2.73. The van der Waals surface area contributed by atoms with E-state index in [9.17, 15) is 19.5 Å². The van der Waals surface area contributed by atoms with E-state index in [1.54, 1.807) is 36.4 Å². The Morgan fingerprint density at radius 3 is 2.48 bits per heavy atom. The fourth-order valence-electron chi connectivity index (χ4n) is 3.22. The van der Waals surface area contributed by atoms with Gasteiger partial charge in [-0.15, -0.1) is 0 Å². The number of nitrogens with zero attached hydrogens (tertiary/aromatic N) is 2. The first kappa shape index (κ1) is 20.3. The fraction of sp³-hybridized carbons (Fsp3) is 0.273. The maximum Gasteiger partial charge on any atom is 0.262 e. The standard InChI is InChI=1S/C22H23N3O4/c26-19(27)13-5-2-8-14-23-21(28)20(16-9-3-1-4-10-16)25-15-24-18-12-7-6-11-17(18)22(25)29/h1,3-4,6-7,9-12,15,20H,2,5,8,13-14H2,(H,23,28)(H,26,27)/p-1/t20-/m0/s1. The normalized spacial score (nSPS) is 11.9. The van der Waals surface area contributed by atoms with Crippen molar-refractivity contribution >= 4 is 22.8 Å². The molecule has 0 bridgehead atoms. The molecule has 1 amide bonds. The molecule has 3 aromatic rings. The van der Waals surface area contributed by atoms with Gasteiger partial charge in [-0.2, -0.15) is 0 Å². The highest BCUT2D eigenvalue weighted by atomic mass is 16.4. The van der Waals surface area contributed by atoms with Gasteiger partial charge in [-0.3, -0.25) is 14.2 Å². The molecule has 3 rings (SSSR count). The van der Waals surface area contributed by atoms with E-state index in [4.69, 9.17) is 0 Å². The summed E-state index contributed by atoms with van der Waals surface area (Å²) in [7, 11) is 0. The number of carboxylic acids is 1. The summed E-state index contributed by atoms with van der Waals surface area (Å²) in [6.45, 7) is 0.394. The lowest BCUT2D eigenvalue weighted by molar-refractivity contribution is -0.305. The summed E-state index contributed by atoms with van der Waals surface area (Å²) in [5, 5.41) is 13.8. The first-order chi connectivity index (χ1) is 14.1. The molecule has 0 saturated heterocycles. The molecule has 0 unspecified atom stereocenters. The number of rotatable bonds is 9. The number of carbonyl (C=O) groups excluding carboxylic acids is 2. The van der Waals surface area contributed by atoms with Crippen LogP contribution in [0.4, 0.5) is 0 Å². The van der Waals surface area contributed by atoms with Crippen LogP contribution >= 0.6 is 0 Å². The van der Waals surface area contributed by atoms with Gasteiger partial charge in [0.2, 0.25) is 5.91 Å². The Morgan fingerprint density at radius 2 is 1.72 bits per heavy atom. The molecule has 1 aromatic heterocycles. The van der Waals surface area contributed by atoms with Gasteiger partial charge >= 0.3 is 0 Å². The number of hydrogen-bond donors (Lipinski definition) is 1. The number of aromatic nitrogens is 2. The summed E-state index contributed by atoms with van der Waals surface area (Å²) >= 11 is 0. The predicted octanol–water partition coefficient (Wildman–Crippen LogP) is 1.41. The van der Waals surface area contributed by atoms with Crippen molar-refractivity contribution in [2.45, 2.75) is 31.7 Å². The second kappa shape index (κ2) is 9.64. The summed E-state index contributed by atoms with van der Waals surface area (Å²) < 4.78 is 1.35. The highest BCUT2D eigenvalue weighted by molar-refractivity contribution is 5.84. The zero-order chi connectivity index (χ0) is 20.6. The van der Waals surface area contributed by atoms with Crippen LogP contribution in [0, 0.1) is 0 Å². The third-order valence-corrected chi connectivity index (χ3v) is 4.69. The Bertz CT molecular complexity index is 1050. The molecule has 0 fully saturated rings. The number of hydrogen-bond acceptors (Lipinski definition) is 5. The van der Waals surface area contributed by atoms with Crippen molar-refractivity contribution < 1.29 is 14.7 Å². The van der Waals surface area contributed by atoms with Crippen LogP contribution in [0.3, 0.4) is 0 Å². The number of amides is 1. The summed E-state index contributed by atoms with van der Waals surface area (Å²) in [6, 6.07) is 15.2. The summed E-state index contributed by atoms with van der Waals surface area (Å²) in [5.74, 6) is -1.38. The molecule has 0 spiro atoms. The lowest BCUT2D eigenvalue weighted by Crippen LogP contribution is -2.38. The largest absolute Gasteiger partial charge is 0.550 e. The van der Waals surface area contributed by atoms with Crippen LogP contribution in [0.5, 0.6) is 0 Å². The fourth-order valence-corrected chi connectivity index (χ4v) is 3.22. The van der Waals surface area contributed by atoms with Crippen LogP contribution in [0.2, 0.25) is 0 Å². The molecular formula is C22H22N3O4-. The Labute approximate surface area is 168 Å². The van der Waals surface area contributed by atoms with Gasteiger partial charge in [0.1, 0.15) is 6.04 Å². The van der Waals surface area contributed by atoms with Crippen molar-refractivity contribution in [1.82, 2.24) is 14.9 Å². The van der Waals surface area contributed by atoms with Gasteiger partial charge in [0.15, 0.2) is 0 Å².